The van der Waals surface area contributed by atoms with Gasteiger partial charge in [-0.1, -0.05) is 25.1 Å². The maximum Gasteiger partial charge on any atom is 0.246 e. The van der Waals surface area contributed by atoms with Crippen LogP contribution in [-0.2, 0) is 24.0 Å². The molecule has 2 aliphatic rings. The molecule has 11 N–H and O–H groups in total. The van der Waals surface area contributed by atoms with Crippen molar-refractivity contribution >= 4 is 29.4 Å². The zero-order valence-electron chi connectivity index (χ0n) is 28.0. The van der Waals surface area contributed by atoms with E-state index in [1.54, 1.807) is 0 Å². The predicted molar refractivity (Wildman–Crippen MR) is 174 cm³/mol. The summed E-state index contributed by atoms with van der Waals surface area (Å²) in [4.78, 5) is 67.7. The van der Waals surface area contributed by atoms with E-state index in [-0.39, 0.29) is 48.1 Å². The summed E-state index contributed by atoms with van der Waals surface area (Å²) in [5.74, 6) is -4.72. The van der Waals surface area contributed by atoms with Gasteiger partial charge in [-0.15, -0.1) is 0 Å². The van der Waals surface area contributed by atoms with Gasteiger partial charge in [0.05, 0.1) is 24.2 Å². The van der Waals surface area contributed by atoms with E-state index in [4.69, 9.17) is 5.73 Å². The number of nitrogens with zero attached hydrogens (tertiary/aromatic N) is 1. The number of amides is 4. The summed E-state index contributed by atoms with van der Waals surface area (Å²) < 4.78 is 0. The number of rotatable bonds is 13. The minimum absolute atomic E-state index is 0.0504. The topological polar surface area (TPSA) is 272 Å². The first-order chi connectivity index (χ1) is 23.0. The van der Waals surface area contributed by atoms with Crippen LogP contribution in [0.2, 0.25) is 0 Å². The lowest BCUT2D eigenvalue weighted by Crippen LogP contribution is -2.62. The molecule has 0 spiro atoms. The highest BCUT2D eigenvalue weighted by Crippen LogP contribution is 2.29. The molecule has 1 aliphatic heterocycles. The van der Waals surface area contributed by atoms with Gasteiger partial charge >= 0.3 is 0 Å². The zero-order chi connectivity index (χ0) is 36.7. The number of ketones is 1. The van der Waals surface area contributed by atoms with Crippen LogP contribution in [0.1, 0.15) is 58.1 Å². The molecule has 272 valence electrons. The molecule has 1 fully saturated rings. The van der Waals surface area contributed by atoms with Gasteiger partial charge in [0.2, 0.25) is 23.6 Å². The lowest BCUT2D eigenvalue weighted by Gasteiger charge is -2.32. The molecule has 1 aliphatic carbocycles. The maximum absolute atomic E-state index is 13.9. The van der Waals surface area contributed by atoms with Crippen molar-refractivity contribution in [2.75, 3.05) is 13.6 Å². The normalized spacial score (nSPS) is 25.3. The van der Waals surface area contributed by atoms with E-state index in [1.165, 1.54) is 51.2 Å². The summed E-state index contributed by atoms with van der Waals surface area (Å²) in [7, 11) is 1.47. The lowest BCUT2D eigenvalue weighted by atomic mass is 9.93. The van der Waals surface area contributed by atoms with Crippen LogP contribution in [0.25, 0.3) is 0 Å². The van der Waals surface area contributed by atoms with Gasteiger partial charge in [-0.2, -0.15) is 0 Å². The van der Waals surface area contributed by atoms with Gasteiger partial charge in [-0.3, -0.25) is 24.0 Å². The minimum Gasteiger partial charge on any atom is -0.508 e. The monoisotopic (exact) mass is 691 g/mol. The fraction of sp³-hybridized carbons (Fsp3) is 0.606. The molecule has 1 heterocycles. The average Bonchev–Trinajstić information content (AvgIpc) is 3.35. The number of aliphatic hydroxyl groups is 5. The lowest BCUT2D eigenvalue weighted by molar-refractivity contribution is -0.143. The number of aliphatic hydroxyl groups excluding tert-OH is 5. The fourth-order valence-electron chi connectivity index (χ4n) is 6.08. The predicted octanol–water partition coefficient (Wildman–Crippen LogP) is -2.52. The molecule has 1 saturated heterocycles. The number of nitrogens with two attached hydrogens (primary N) is 1. The first-order valence-electron chi connectivity index (χ1n) is 16.3. The van der Waals surface area contributed by atoms with Crippen LogP contribution in [0, 0.1) is 11.8 Å². The molecular weight excluding hydrogens is 642 g/mol. The van der Waals surface area contributed by atoms with Crippen molar-refractivity contribution in [2.24, 2.45) is 17.6 Å². The van der Waals surface area contributed by atoms with Gasteiger partial charge in [0.1, 0.15) is 42.1 Å². The molecule has 16 heteroatoms. The number of phenols is 1. The Morgan fingerprint density at radius 1 is 0.918 bits per heavy atom. The molecule has 1 aromatic rings. The van der Waals surface area contributed by atoms with Crippen LogP contribution >= 0.6 is 0 Å². The Labute approximate surface area is 284 Å². The average molecular weight is 692 g/mol. The number of carbonyl (C=O) groups is 5. The first-order valence-corrected chi connectivity index (χ1v) is 16.3. The Morgan fingerprint density at radius 2 is 1.55 bits per heavy atom. The van der Waals surface area contributed by atoms with Crippen molar-refractivity contribution in [1.29, 1.82) is 0 Å². The van der Waals surface area contributed by atoms with E-state index >= 15 is 0 Å². The molecule has 0 aromatic heterocycles. The molecule has 0 bridgehead atoms. The van der Waals surface area contributed by atoms with Crippen LogP contribution in [-0.4, -0.2) is 127 Å². The molecule has 1 aromatic carbocycles. The highest BCUT2D eigenvalue weighted by Gasteiger charge is 2.44. The Bertz CT molecular complexity index is 1390. The van der Waals surface area contributed by atoms with E-state index in [2.05, 4.69) is 16.0 Å². The zero-order valence-corrected chi connectivity index (χ0v) is 28.0. The largest absolute Gasteiger partial charge is 0.508 e. The Hall–Kier alpha value is -3.93. The number of Topliss-reactive ketones (excluding diaryl/α,β-unsaturated/α-hetero) is 1. The third-order valence-corrected chi connectivity index (χ3v) is 9.08. The Kier molecular flexibility index (Phi) is 13.8. The number of β-amino-alcohol motifs (C(OH)–C–C–N with tert-alkyl or cyclic N) is 1. The van der Waals surface area contributed by atoms with Crippen molar-refractivity contribution in [3.63, 3.8) is 0 Å². The SMILES string of the molecule is CNC(=O)[C@H]1C=C(C(=O)[C@@H](NC(=O)[C@@H](NC(=O)[C@@H]2C[C@@H](O)CN2C(=O)[C@@H](N)[C@@H](C)O)[C@H](O)[C@@H](O)c2ccc(O)cc2)[C@@H](C)O)CC[C@H](C)C1. The van der Waals surface area contributed by atoms with Crippen LogP contribution < -0.4 is 21.7 Å². The van der Waals surface area contributed by atoms with E-state index in [9.17, 15) is 54.6 Å². The summed E-state index contributed by atoms with van der Waals surface area (Å²) >= 11 is 0. The molecule has 4 amide bonds. The molecule has 11 atom stereocenters. The van der Waals surface area contributed by atoms with Crippen LogP contribution in [0.15, 0.2) is 35.9 Å². The highest BCUT2D eigenvalue weighted by atomic mass is 16.3. The third-order valence-electron chi connectivity index (χ3n) is 9.08. The number of aromatic hydroxyl groups is 1. The van der Waals surface area contributed by atoms with Crippen molar-refractivity contribution in [1.82, 2.24) is 20.9 Å². The van der Waals surface area contributed by atoms with E-state index in [0.29, 0.717) is 12.8 Å². The van der Waals surface area contributed by atoms with Crippen LogP contribution in [0.5, 0.6) is 5.75 Å². The standard InChI is InChI=1S/C33H49N5O11/c1-15-5-6-19(12-20(11-15)30(46)35-4)27(43)25(17(3)40)36-32(48)26(29(45)28(44)18-7-9-21(41)10-8-18)37-31(47)23-13-22(42)14-38(23)33(49)24(34)16(2)39/h7-10,12,15-17,20,22-26,28-29,39-42,44-45H,5-6,11,13-14,34H2,1-4H3,(H,35,46)(H,36,48)(H,37,47)/t15-,16+,17+,20+,22+,23-,24-,25-,26-,28-,29-/m0/s1. The second-order valence-electron chi connectivity index (χ2n) is 13.1. The van der Waals surface area contributed by atoms with Gasteiger partial charge in [0.25, 0.3) is 0 Å². The summed E-state index contributed by atoms with van der Waals surface area (Å²) in [6, 6.07) is -1.41. The number of nitrogens with one attached hydrogen (secondary N) is 3. The molecule has 0 saturated carbocycles. The number of benzene rings is 1. The number of carbonyl (C=O) groups excluding carboxylic acids is 5. The molecule has 0 unspecified atom stereocenters. The first kappa shape index (κ1) is 39.5. The number of hydrogen-bond donors (Lipinski definition) is 10. The Balaban J connectivity index is 1.95. The summed E-state index contributed by atoms with van der Waals surface area (Å²) in [6.45, 7) is 4.16. The van der Waals surface area contributed by atoms with Crippen LogP contribution in [0.4, 0.5) is 0 Å². The molecule has 16 nitrogen and oxygen atoms in total. The van der Waals surface area contributed by atoms with Gasteiger partial charge in [-0.25, -0.2) is 0 Å². The van der Waals surface area contributed by atoms with Gasteiger partial charge < -0.3 is 57.2 Å². The summed E-state index contributed by atoms with van der Waals surface area (Å²) in [5.41, 5.74) is 6.05. The summed E-state index contributed by atoms with van der Waals surface area (Å²) in [6.07, 6.45) is -5.29. The maximum atomic E-state index is 13.9. The van der Waals surface area contributed by atoms with E-state index in [0.717, 1.165) is 4.90 Å². The van der Waals surface area contributed by atoms with Crippen molar-refractivity contribution in [3.8, 4) is 5.75 Å². The number of likely N-dealkylation sites (tertiary alicyclic amines) is 1. The quantitative estimate of drug-likeness (QED) is 0.103. The second-order valence-corrected chi connectivity index (χ2v) is 13.1. The van der Waals surface area contributed by atoms with Crippen molar-refractivity contribution in [3.05, 3.63) is 41.5 Å². The fourth-order valence-corrected chi connectivity index (χ4v) is 6.08. The third kappa shape index (κ3) is 9.83. The second kappa shape index (κ2) is 17.1. The minimum atomic E-state index is -2.08. The number of phenolic OH excluding ortho intramolecular Hbond substituents is 1. The number of hydrogen-bond acceptors (Lipinski definition) is 12. The molecule has 3 rings (SSSR count). The van der Waals surface area contributed by atoms with Gasteiger partial charge in [0.15, 0.2) is 5.78 Å². The van der Waals surface area contributed by atoms with Gasteiger partial charge in [0, 0.05) is 20.0 Å². The molecular formula is C33H49N5O11. The van der Waals surface area contributed by atoms with Crippen molar-refractivity contribution < 1.29 is 54.6 Å². The van der Waals surface area contributed by atoms with E-state index < -0.39 is 84.1 Å². The Morgan fingerprint density at radius 3 is 2.12 bits per heavy atom. The molecule has 49 heavy (non-hydrogen) atoms. The van der Waals surface area contributed by atoms with Crippen molar-refractivity contribution in [2.45, 2.75) is 101 Å². The molecule has 0 radical (unpaired) electrons. The highest BCUT2D eigenvalue weighted by molar-refractivity contribution is 6.03. The van der Waals surface area contributed by atoms with E-state index in [1.807, 2.05) is 6.92 Å². The smallest absolute Gasteiger partial charge is 0.246 e. The summed E-state index contributed by atoms with van der Waals surface area (Å²) in [5, 5.41) is 70.1. The van der Waals surface area contributed by atoms with Crippen LogP contribution in [0.3, 0.4) is 0 Å². The van der Waals surface area contributed by atoms with Gasteiger partial charge in [-0.05, 0) is 62.3 Å².